The van der Waals surface area contributed by atoms with Gasteiger partial charge in [-0.2, -0.15) is 5.10 Å². The molecule has 13 heavy (non-hydrogen) atoms. The van der Waals surface area contributed by atoms with Crippen LogP contribution in [0, 0.1) is 5.92 Å². The van der Waals surface area contributed by atoms with Crippen LogP contribution in [-0.2, 0) is 9.59 Å². The van der Waals surface area contributed by atoms with E-state index < -0.39 is 11.9 Å². The normalized spacial score (nSPS) is 23.3. The van der Waals surface area contributed by atoms with E-state index in [-0.39, 0.29) is 11.5 Å². The van der Waals surface area contributed by atoms with E-state index in [2.05, 4.69) is 10.5 Å². The summed E-state index contributed by atoms with van der Waals surface area (Å²) in [5, 5.41) is 12.4. The molecule has 1 rings (SSSR count). The number of carboxylic acid groups (broad SMARTS) is 1. The van der Waals surface area contributed by atoms with Crippen LogP contribution >= 0.6 is 0 Å². The molecule has 5 nitrogen and oxygen atoms in total. The van der Waals surface area contributed by atoms with Crippen molar-refractivity contribution in [1.29, 1.82) is 0 Å². The summed E-state index contributed by atoms with van der Waals surface area (Å²) in [6, 6.07) is 0. The molecule has 72 valence electrons. The van der Waals surface area contributed by atoms with Crippen LogP contribution in [-0.4, -0.2) is 29.6 Å². The summed E-state index contributed by atoms with van der Waals surface area (Å²) in [4.78, 5) is 21.9. The molecular weight excluding hydrogens is 172 g/mol. The van der Waals surface area contributed by atoms with Crippen LogP contribution in [0.15, 0.2) is 5.10 Å². The number of hydrogen-bond donors (Lipinski definition) is 2. The first-order valence-corrected chi connectivity index (χ1v) is 4.17. The van der Waals surface area contributed by atoms with Gasteiger partial charge < -0.3 is 10.5 Å². The lowest BCUT2D eigenvalue weighted by molar-refractivity contribution is -0.130. The van der Waals surface area contributed by atoms with Gasteiger partial charge in [0.05, 0.1) is 5.92 Å². The third-order valence-corrected chi connectivity index (χ3v) is 2.09. The van der Waals surface area contributed by atoms with Crippen LogP contribution < -0.4 is 5.43 Å². The largest absolute Gasteiger partial charge is 0.477 e. The highest BCUT2D eigenvalue weighted by atomic mass is 16.4. The van der Waals surface area contributed by atoms with Gasteiger partial charge >= 0.3 is 5.97 Å². The summed E-state index contributed by atoms with van der Waals surface area (Å²) in [6.07, 6.45) is 1.84. The lowest BCUT2D eigenvalue weighted by atomic mass is 10.0. The van der Waals surface area contributed by atoms with Crippen molar-refractivity contribution in [3.63, 3.8) is 0 Å². The Morgan fingerprint density at radius 1 is 1.69 bits per heavy atom. The number of hydrazone groups is 1. The number of hydrogen-bond acceptors (Lipinski definition) is 4. The monoisotopic (exact) mass is 184 g/mol. The Hall–Kier alpha value is -1.39. The van der Waals surface area contributed by atoms with Gasteiger partial charge in [-0.1, -0.05) is 0 Å². The van der Waals surface area contributed by atoms with Crippen molar-refractivity contribution in [2.24, 2.45) is 11.0 Å². The zero-order valence-electron chi connectivity index (χ0n) is 7.41. The molecule has 0 aromatic carbocycles. The highest BCUT2D eigenvalue weighted by molar-refractivity contribution is 6.40. The van der Waals surface area contributed by atoms with Crippen LogP contribution in [0.5, 0.6) is 0 Å². The second kappa shape index (κ2) is 4.02. The third-order valence-electron chi connectivity index (χ3n) is 2.09. The van der Waals surface area contributed by atoms with Gasteiger partial charge in [0.1, 0.15) is 5.78 Å². The highest BCUT2D eigenvalue weighted by Crippen LogP contribution is 2.22. The number of Topliss-reactive ketones (excluding diaryl/α,β-unsaturated/α-hetero) is 1. The van der Waals surface area contributed by atoms with E-state index in [1.807, 2.05) is 0 Å². The van der Waals surface area contributed by atoms with E-state index in [9.17, 15) is 9.59 Å². The zero-order valence-corrected chi connectivity index (χ0v) is 7.41. The fourth-order valence-corrected chi connectivity index (χ4v) is 1.50. The van der Waals surface area contributed by atoms with Crippen molar-refractivity contribution in [2.45, 2.75) is 19.3 Å². The number of nitrogens with zero attached hydrogens (tertiary/aromatic N) is 1. The Morgan fingerprint density at radius 2 is 2.38 bits per heavy atom. The van der Waals surface area contributed by atoms with Crippen molar-refractivity contribution in [2.75, 3.05) is 7.05 Å². The van der Waals surface area contributed by atoms with Gasteiger partial charge in [-0.05, 0) is 12.8 Å². The molecule has 1 saturated carbocycles. The van der Waals surface area contributed by atoms with Crippen LogP contribution in [0.3, 0.4) is 0 Å². The molecule has 0 bridgehead atoms. The van der Waals surface area contributed by atoms with Gasteiger partial charge in [-0.25, -0.2) is 4.79 Å². The summed E-state index contributed by atoms with van der Waals surface area (Å²) in [5.41, 5.74) is 2.34. The second-order valence-electron chi connectivity index (χ2n) is 2.94. The molecular formula is C8H12N2O3. The number of carbonyl (C=O) groups excluding carboxylic acids is 1. The van der Waals surface area contributed by atoms with Gasteiger partial charge in [0.2, 0.25) is 0 Å². The summed E-state index contributed by atoms with van der Waals surface area (Å²) in [6.45, 7) is 0. The fraction of sp³-hybridized carbons (Fsp3) is 0.625. The van der Waals surface area contributed by atoms with Crippen LogP contribution in [0.2, 0.25) is 0 Å². The molecule has 1 aliphatic carbocycles. The van der Waals surface area contributed by atoms with E-state index >= 15 is 0 Å². The first kappa shape index (κ1) is 9.70. The first-order valence-electron chi connectivity index (χ1n) is 4.17. The predicted octanol–water partition coefficient (Wildman–Crippen LogP) is 0.0156. The molecule has 0 spiro atoms. The van der Waals surface area contributed by atoms with Crippen molar-refractivity contribution in [1.82, 2.24) is 5.43 Å². The fourth-order valence-electron chi connectivity index (χ4n) is 1.50. The van der Waals surface area contributed by atoms with Crippen molar-refractivity contribution >= 4 is 17.5 Å². The molecule has 1 aliphatic rings. The minimum atomic E-state index is -1.12. The quantitative estimate of drug-likeness (QED) is 0.478. The van der Waals surface area contributed by atoms with Gasteiger partial charge in [-0.15, -0.1) is 0 Å². The minimum absolute atomic E-state index is 0.0172. The minimum Gasteiger partial charge on any atom is -0.477 e. The summed E-state index contributed by atoms with van der Waals surface area (Å²) in [7, 11) is 1.52. The lowest BCUT2D eigenvalue weighted by Crippen LogP contribution is -2.28. The smallest absolute Gasteiger partial charge is 0.352 e. The molecule has 0 amide bonds. The van der Waals surface area contributed by atoms with E-state index in [1.165, 1.54) is 7.05 Å². The highest BCUT2D eigenvalue weighted by Gasteiger charge is 2.32. The van der Waals surface area contributed by atoms with Gasteiger partial charge in [0.15, 0.2) is 5.71 Å². The van der Waals surface area contributed by atoms with E-state index in [1.54, 1.807) is 0 Å². The molecule has 1 unspecified atom stereocenters. The van der Waals surface area contributed by atoms with Crippen LogP contribution in [0.1, 0.15) is 19.3 Å². The molecule has 0 radical (unpaired) electrons. The van der Waals surface area contributed by atoms with Gasteiger partial charge in [-0.3, -0.25) is 4.79 Å². The number of nitrogens with one attached hydrogen (secondary N) is 1. The molecule has 0 aromatic heterocycles. The summed E-state index contributed by atoms with van der Waals surface area (Å²) >= 11 is 0. The Labute approximate surface area is 75.8 Å². The Morgan fingerprint density at radius 3 is 2.77 bits per heavy atom. The molecule has 2 N–H and O–H groups in total. The van der Waals surface area contributed by atoms with E-state index in [0.717, 1.165) is 6.42 Å². The Kier molecular flexibility index (Phi) is 3.00. The SMILES string of the molecule is CN/N=C(\C(=O)O)C1CCCC1=O. The molecule has 0 aliphatic heterocycles. The molecule has 0 aromatic rings. The molecule has 5 heteroatoms. The maximum atomic E-state index is 11.2. The molecule has 1 atom stereocenters. The van der Waals surface area contributed by atoms with Crippen molar-refractivity contribution < 1.29 is 14.7 Å². The third kappa shape index (κ3) is 2.05. The maximum Gasteiger partial charge on any atom is 0.352 e. The van der Waals surface area contributed by atoms with Gasteiger partial charge in [0, 0.05) is 13.5 Å². The van der Waals surface area contributed by atoms with E-state index in [0.29, 0.717) is 12.8 Å². The van der Waals surface area contributed by atoms with Crippen LogP contribution in [0.4, 0.5) is 0 Å². The van der Waals surface area contributed by atoms with Crippen LogP contribution in [0.25, 0.3) is 0 Å². The van der Waals surface area contributed by atoms with Crippen molar-refractivity contribution in [3.8, 4) is 0 Å². The Balaban J connectivity index is 2.81. The first-order chi connectivity index (χ1) is 6.16. The number of carboxylic acids is 1. The lowest BCUT2D eigenvalue weighted by Gasteiger charge is -2.06. The Bertz CT molecular complexity index is 260. The van der Waals surface area contributed by atoms with Crippen molar-refractivity contribution in [3.05, 3.63) is 0 Å². The summed E-state index contributed by atoms with van der Waals surface area (Å²) < 4.78 is 0. The average molecular weight is 184 g/mol. The van der Waals surface area contributed by atoms with E-state index in [4.69, 9.17) is 5.11 Å². The summed E-state index contributed by atoms with van der Waals surface area (Å²) in [5.74, 6) is -1.64. The number of aliphatic carboxylic acids is 1. The molecule has 0 heterocycles. The maximum absolute atomic E-state index is 11.2. The molecule has 0 saturated heterocycles. The number of ketones is 1. The molecule has 1 fully saturated rings. The predicted molar refractivity (Wildman–Crippen MR) is 46.5 cm³/mol. The zero-order chi connectivity index (χ0) is 9.84. The standard InChI is InChI=1S/C8H12N2O3/c1-9-10-7(8(12)13)5-3-2-4-6(5)11/h5,9H,2-4H2,1H3,(H,12,13)/b10-7-. The topological polar surface area (TPSA) is 78.8 Å². The number of rotatable bonds is 3. The van der Waals surface area contributed by atoms with Gasteiger partial charge in [0.25, 0.3) is 0 Å². The number of carbonyl (C=O) groups is 2. The average Bonchev–Trinajstić information content (AvgIpc) is 2.47. The second-order valence-corrected chi connectivity index (χ2v) is 2.94.